The third kappa shape index (κ3) is 2.34. The molecule has 17 heavy (non-hydrogen) atoms. The number of hydrogen-bond donors (Lipinski definition) is 1. The molecule has 0 saturated heterocycles. The van der Waals surface area contributed by atoms with Crippen LogP contribution >= 0.6 is 0 Å². The Labute approximate surface area is 101 Å². The van der Waals surface area contributed by atoms with Crippen molar-refractivity contribution in [1.29, 1.82) is 0 Å². The van der Waals surface area contributed by atoms with E-state index in [1.54, 1.807) is 6.07 Å². The largest absolute Gasteiger partial charge is 0.459 e. The second-order valence-electron chi connectivity index (χ2n) is 5.42. The standard InChI is InChI=1S/C14H18FNO/c1-14(2,3)13(16-4)12-8-9-7-10(15)5-6-11(9)17-12/h5-8,13,16H,1-4H3. The topological polar surface area (TPSA) is 25.2 Å². The molecule has 1 atom stereocenters. The molecule has 0 aliphatic rings. The van der Waals surface area contributed by atoms with Crippen molar-refractivity contribution >= 4 is 11.0 Å². The molecule has 1 heterocycles. The van der Waals surface area contributed by atoms with Crippen molar-refractivity contribution in [3.8, 4) is 0 Å². The number of rotatable bonds is 2. The normalized spacial score (nSPS) is 14.2. The second-order valence-corrected chi connectivity index (χ2v) is 5.42. The van der Waals surface area contributed by atoms with E-state index >= 15 is 0 Å². The van der Waals surface area contributed by atoms with Crippen molar-refractivity contribution in [2.24, 2.45) is 5.41 Å². The zero-order chi connectivity index (χ0) is 12.6. The number of nitrogens with one attached hydrogen (secondary N) is 1. The SMILES string of the molecule is CNC(c1cc2cc(F)ccc2o1)C(C)(C)C. The monoisotopic (exact) mass is 235 g/mol. The third-order valence-corrected chi connectivity index (χ3v) is 2.94. The van der Waals surface area contributed by atoms with E-state index in [9.17, 15) is 4.39 Å². The summed E-state index contributed by atoms with van der Waals surface area (Å²) in [6.45, 7) is 6.42. The Morgan fingerprint density at radius 3 is 2.53 bits per heavy atom. The lowest BCUT2D eigenvalue weighted by molar-refractivity contribution is 0.253. The quantitative estimate of drug-likeness (QED) is 0.854. The van der Waals surface area contributed by atoms with Gasteiger partial charge in [-0.05, 0) is 36.7 Å². The Morgan fingerprint density at radius 2 is 1.94 bits per heavy atom. The summed E-state index contributed by atoms with van der Waals surface area (Å²) in [6, 6.07) is 6.60. The molecule has 2 nitrogen and oxygen atoms in total. The minimum absolute atomic E-state index is 0.0428. The maximum Gasteiger partial charge on any atom is 0.134 e. The molecule has 0 saturated carbocycles. The van der Waals surface area contributed by atoms with Crippen LogP contribution in [0.25, 0.3) is 11.0 Å². The smallest absolute Gasteiger partial charge is 0.134 e. The third-order valence-electron chi connectivity index (χ3n) is 2.94. The van der Waals surface area contributed by atoms with Crippen LogP contribution in [0.5, 0.6) is 0 Å². The number of benzene rings is 1. The maximum atomic E-state index is 13.1. The zero-order valence-electron chi connectivity index (χ0n) is 10.7. The molecule has 0 spiro atoms. The number of hydrogen-bond acceptors (Lipinski definition) is 2. The number of halogens is 1. The lowest BCUT2D eigenvalue weighted by Gasteiger charge is -2.28. The van der Waals surface area contributed by atoms with Gasteiger partial charge < -0.3 is 9.73 Å². The van der Waals surface area contributed by atoms with Gasteiger partial charge in [-0.25, -0.2) is 4.39 Å². The average molecular weight is 235 g/mol. The first-order chi connectivity index (χ1) is 7.91. The molecular weight excluding hydrogens is 217 g/mol. The first kappa shape index (κ1) is 12.1. The van der Waals surface area contributed by atoms with Crippen LogP contribution in [-0.2, 0) is 0 Å². The highest BCUT2D eigenvalue weighted by molar-refractivity contribution is 5.78. The van der Waals surface area contributed by atoms with Gasteiger partial charge in [0.1, 0.15) is 17.2 Å². The fourth-order valence-electron chi connectivity index (χ4n) is 2.18. The number of furan rings is 1. The summed E-state index contributed by atoms with van der Waals surface area (Å²) < 4.78 is 18.9. The summed E-state index contributed by atoms with van der Waals surface area (Å²) in [5.41, 5.74) is 0.771. The molecule has 0 fully saturated rings. The highest BCUT2D eigenvalue weighted by Crippen LogP contribution is 2.35. The Morgan fingerprint density at radius 1 is 1.24 bits per heavy atom. The molecule has 1 N–H and O–H groups in total. The van der Waals surface area contributed by atoms with Gasteiger partial charge in [-0.1, -0.05) is 20.8 Å². The van der Waals surface area contributed by atoms with E-state index in [0.717, 1.165) is 16.7 Å². The van der Waals surface area contributed by atoms with Crippen molar-refractivity contribution in [2.75, 3.05) is 7.05 Å². The first-order valence-electron chi connectivity index (χ1n) is 5.78. The molecule has 1 unspecified atom stereocenters. The lowest BCUT2D eigenvalue weighted by atomic mass is 9.85. The zero-order valence-corrected chi connectivity index (χ0v) is 10.7. The first-order valence-corrected chi connectivity index (χ1v) is 5.78. The summed E-state index contributed by atoms with van der Waals surface area (Å²) in [5, 5.41) is 4.06. The maximum absolute atomic E-state index is 13.1. The van der Waals surface area contributed by atoms with Crippen molar-refractivity contribution in [1.82, 2.24) is 5.32 Å². The van der Waals surface area contributed by atoms with Gasteiger partial charge in [-0.15, -0.1) is 0 Å². The minimum atomic E-state index is -0.235. The molecule has 2 rings (SSSR count). The summed E-state index contributed by atoms with van der Waals surface area (Å²) in [4.78, 5) is 0. The summed E-state index contributed by atoms with van der Waals surface area (Å²) in [6.07, 6.45) is 0. The molecule has 3 heteroatoms. The Bertz CT molecular complexity index is 524. The van der Waals surface area contributed by atoms with Crippen LogP contribution in [0.15, 0.2) is 28.7 Å². The predicted molar refractivity (Wildman–Crippen MR) is 67.4 cm³/mol. The highest BCUT2D eigenvalue weighted by Gasteiger charge is 2.27. The van der Waals surface area contributed by atoms with Gasteiger partial charge in [-0.2, -0.15) is 0 Å². The van der Waals surface area contributed by atoms with Crippen molar-refractivity contribution < 1.29 is 8.81 Å². The molecule has 1 aromatic heterocycles. The summed E-state index contributed by atoms with van der Waals surface area (Å²) >= 11 is 0. The minimum Gasteiger partial charge on any atom is -0.459 e. The molecule has 1 aromatic carbocycles. The Hall–Kier alpha value is -1.35. The van der Waals surface area contributed by atoms with Crippen LogP contribution in [0, 0.1) is 11.2 Å². The molecule has 0 aliphatic heterocycles. The van der Waals surface area contributed by atoms with E-state index in [-0.39, 0.29) is 17.3 Å². The van der Waals surface area contributed by atoms with Gasteiger partial charge in [0.15, 0.2) is 0 Å². The van der Waals surface area contributed by atoms with Crippen LogP contribution in [0.1, 0.15) is 32.6 Å². The molecule has 0 radical (unpaired) electrons. The van der Waals surface area contributed by atoms with E-state index < -0.39 is 0 Å². The van der Waals surface area contributed by atoms with Gasteiger partial charge in [-0.3, -0.25) is 0 Å². The van der Waals surface area contributed by atoms with Crippen LogP contribution in [0.3, 0.4) is 0 Å². The van der Waals surface area contributed by atoms with Gasteiger partial charge >= 0.3 is 0 Å². The van der Waals surface area contributed by atoms with E-state index in [0.29, 0.717) is 0 Å². The Kier molecular flexibility index (Phi) is 2.96. The van der Waals surface area contributed by atoms with Crippen molar-refractivity contribution in [3.63, 3.8) is 0 Å². The summed E-state index contributed by atoms with van der Waals surface area (Å²) in [7, 11) is 1.91. The van der Waals surface area contributed by atoms with E-state index in [1.165, 1.54) is 12.1 Å². The highest BCUT2D eigenvalue weighted by atomic mass is 19.1. The average Bonchev–Trinajstić information content (AvgIpc) is 2.58. The van der Waals surface area contributed by atoms with Gasteiger partial charge in [0, 0.05) is 5.39 Å². The van der Waals surface area contributed by atoms with Crippen LogP contribution in [0.4, 0.5) is 4.39 Å². The van der Waals surface area contributed by atoms with Crippen molar-refractivity contribution in [3.05, 3.63) is 35.8 Å². The van der Waals surface area contributed by atoms with Crippen LogP contribution in [-0.4, -0.2) is 7.05 Å². The fraction of sp³-hybridized carbons (Fsp3) is 0.429. The molecule has 92 valence electrons. The second kappa shape index (κ2) is 4.15. The molecule has 2 aromatic rings. The van der Waals surface area contributed by atoms with E-state index in [4.69, 9.17) is 4.42 Å². The van der Waals surface area contributed by atoms with Crippen LogP contribution < -0.4 is 5.32 Å². The molecule has 0 aliphatic carbocycles. The van der Waals surface area contributed by atoms with Gasteiger partial charge in [0.25, 0.3) is 0 Å². The summed E-state index contributed by atoms with van der Waals surface area (Å²) in [5.74, 6) is 0.613. The van der Waals surface area contributed by atoms with E-state index in [2.05, 4.69) is 26.1 Å². The van der Waals surface area contributed by atoms with Crippen molar-refractivity contribution in [2.45, 2.75) is 26.8 Å². The molecular formula is C14H18FNO. The lowest BCUT2D eigenvalue weighted by Crippen LogP contribution is -2.29. The van der Waals surface area contributed by atoms with Gasteiger partial charge in [0.2, 0.25) is 0 Å². The van der Waals surface area contributed by atoms with E-state index in [1.807, 2.05) is 13.1 Å². The molecule has 0 amide bonds. The fourth-order valence-corrected chi connectivity index (χ4v) is 2.18. The molecule has 0 bridgehead atoms. The number of fused-ring (bicyclic) bond motifs is 1. The van der Waals surface area contributed by atoms with Crippen LogP contribution in [0.2, 0.25) is 0 Å². The Balaban J connectivity index is 2.48. The van der Waals surface area contributed by atoms with Gasteiger partial charge in [0.05, 0.1) is 6.04 Å². The predicted octanol–water partition coefficient (Wildman–Crippen LogP) is 3.88.